The molecule has 17 heavy (non-hydrogen) atoms. The third kappa shape index (κ3) is 3.98. The van der Waals surface area contributed by atoms with Crippen molar-refractivity contribution in [1.29, 1.82) is 0 Å². The van der Waals surface area contributed by atoms with E-state index in [1.165, 1.54) is 14.0 Å². The number of nitrogens with one attached hydrogen (secondary N) is 1. The summed E-state index contributed by atoms with van der Waals surface area (Å²) in [4.78, 5) is 24.7. The van der Waals surface area contributed by atoms with Gasteiger partial charge in [0, 0.05) is 39.7 Å². The van der Waals surface area contributed by atoms with Gasteiger partial charge in [0.25, 0.3) is 5.91 Å². The van der Waals surface area contributed by atoms with Crippen LogP contribution in [0.5, 0.6) is 0 Å². The fourth-order valence-corrected chi connectivity index (χ4v) is 2.08. The SMILES string of the molecule is COC(CN)C(=O)N1CCCC(NC(C)=O)C1. The largest absolute Gasteiger partial charge is 0.370 e. The molecular formula is C11H21N3O3. The highest BCUT2D eigenvalue weighted by molar-refractivity contribution is 5.81. The van der Waals surface area contributed by atoms with Crippen molar-refractivity contribution in [2.45, 2.75) is 31.9 Å². The van der Waals surface area contributed by atoms with Gasteiger partial charge in [-0.3, -0.25) is 9.59 Å². The Kier molecular flexibility index (Phi) is 5.37. The van der Waals surface area contributed by atoms with Gasteiger partial charge in [-0.1, -0.05) is 0 Å². The summed E-state index contributed by atoms with van der Waals surface area (Å²) in [7, 11) is 1.48. The Labute approximate surface area is 101 Å². The van der Waals surface area contributed by atoms with Crippen molar-refractivity contribution in [2.24, 2.45) is 5.73 Å². The number of hydrogen-bond acceptors (Lipinski definition) is 4. The zero-order chi connectivity index (χ0) is 12.8. The fourth-order valence-electron chi connectivity index (χ4n) is 2.08. The van der Waals surface area contributed by atoms with E-state index in [1.54, 1.807) is 4.90 Å². The summed E-state index contributed by atoms with van der Waals surface area (Å²) in [6.45, 7) is 2.91. The van der Waals surface area contributed by atoms with E-state index in [-0.39, 0.29) is 24.4 Å². The van der Waals surface area contributed by atoms with E-state index < -0.39 is 6.10 Å². The molecule has 2 atom stereocenters. The minimum absolute atomic E-state index is 0.0421. The lowest BCUT2D eigenvalue weighted by molar-refractivity contribution is -0.143. The van der Waals surface area contributed by atoms with Gasteiger partial charge in [-0.05, 0) is 12.8 Å². The molecule has 1 rings (SSSR count). The lowest BCUT2D eigenvalue weighted by Gasteiger charge is -2.34. The van der Waals surface area contributed by atoms with Crippen LogP contribution in [0.3, 0.4) is 0 Å². The summed E-state index contributed by atoms with van der Waals surface area (Å²) in [5, 5.41) is 2.84. The number of nitrogens with zero attached hydrogens (tertiary/aromatic N) is 1. The number of rotatable bonds is 4. The van der Waals surface area contributed by atoms with Crippen LogP contribution in [0.15, 0.2) is 0 Å². The van der Waals surface area contributed by atoms with Crippen molar-refractivity contribution >= 4 is 11.8 Å². The lowest BCUT2D eigenvalue weighted by atomic mass is 10.0. The zero-order valence-corrected chi connectivity index (χ0v) is 10.4. The molecule has 1 aliphatic rings. The predicted octanol–water partition coefficient (Wildman–Crippen LogP) is -0.913. The van der Waals surface area contributed by atoms with Crippen molar-refractivity contribution in [2.75, 3.05) is 26.7 Å². The first kappa shape index (κ1) is 13.9. The third-order valence-corrected chi connectivity index (χ3v) is 2.91. The van der Waals surface area contributed by atoms with E-state index >= 15 is 0 Å². The van der Waals surface area contributed by atoms with Crippen LogP contribution in [-0.4, -0.2) is 55.6 Å². The summed E-state index contributed by atoms with van der Waals surface area (Å²) in [6, 6.07) is 0.0421. The molecule has 2 amide bonds. The van der Waals surface area contributed by atoms with Crippen LogP contribution in [-0.2, 0) is 14.3 Å². The number of hydrogen-bond donors (Lipinski definition) is 2. The maximum Gasteiger partial charge on any atom is 0.253 e. The summed E-state index contributed by atoms with van der Waals surface area (Å²) < 4.78 is 5.03. The van der Waals surface area contributed by atoms with E-state index in [9.17, 15) is 9.59 Å². The van der Waals surface area contributed by atoms with Gasteiger partial charge in [-0.2, -0.15) is 0 Å². The maximum absolute atomic E-state index is 12.0. The van der Waals surface area contributed by atoms with Crippen molar-refractivity contribution in [1.82, 2.24) is 10.2 Å². The summed E-state index contributed by atoms with van der Waals surface area (Å²) >= 11 is 0. The van der Waals surface area contributed by atoms with Crippen molar-refractivity contribution < 1.29 is 14.3 Å². The quantitative estimate of drug-likeness (QED) is 0.669. The molecular weight excluding hydrogens is 222 g/mol. The molecule has 0 aromatic rings. The molecule has 0 saturated carbocycles. The monoisotopic (exact) mass is 243 g/mol. The first-order valence-corrected chi connectivity index (χ1v) is 5.87. The number of methoxy groups -OCH3 is 1. The molecule has 2 unspecified atom stereocenters. The highest BCUT2D eigenvalue weighted by Crippen LogP contribution is 2.12. The number of piperidine rings is 1. The molecule has 0 aliphatic carbocycles. The van der Waals surface area contributed by atoms with Gasteiger partial charge in [-0.25, -0.2) is 0 Å². The Morgan fingerprint density at radius 2 is 2.29 bits per heavy atom. The van der Waals surface area contributed by atoms with Crippen LogP contribution in [0.2, 0.25) is 0 Å². The normalized spacial score (nSPS) is 22.1. The van der Waals surface area contributed by atoms with Gasteiger partial charge in [0.1, 0.15) is 6.10 Å². The molecule has 0 bridgehead atoms. The second kappa shape index (κ2) is 6.56. The topological polar surface area (TPSA) is 84.7 Å². The molecule has 0 spiro atoms. The Balaban J connectivity index is 2.53. The number of carbonyl (C=O) groups excluding carboxylic acids is 2. The third-order valence-electron chi connectivity index (χ3n) is 2.91. The molecule has 1 fully saturated rings. The molecule has 0 aromatic carbocycles. The van der Waals surface area contributed by atoms with Gasteiger partial charge in [-0.15, -0.1) is 0 Å². The van der Waals surface area contributed by atoms with E-state index in [2.05, 4.69) is 5.32 Å². The van der Waals surface area contributed by atoms with E-state index in [0.717, 1.165) is 12.8 Å². The highest BCUT2D eigenvalue weighted by atomic mass is 16.5. The van der Waals surface area contributed by atoms with Crippen LogP contribution < -0.4 is 11.1 Å². The summed E-state index contributed by atoms with van der Waals surface area (Å²) in [5.41, 5.74) is 5.46. The Morgan fingerprint density at radius 3 is 2.82 bits per heavy atom. The standard InChI is InChI=1S/C11H21N3O3/c1-8(15)13-9-4-3-5-14(7-9)11(16)10(6-12)17-2/h9-10H,3-7,12H2,1-2H3,(H,13,15). The average Bonchev–Trinajstić information content (AvgIpc) is 2.30. The average molecular weight is 243 g/mol. The van der Waals surface area contributed by atoms with Crippen LogP contribution in [0.25, 0.3) is 0 Å². The van der Waals surface area contributed by atoms with E-state index in [0.29, 0.717) is 13.1 Å². The zero-order valence-electron chi connectivity index (χ0n) is 10.4. The smallest absolute Gasteiger partial charge is 0.253 e. The van der Waals surface area contributed by atoms with Crippen molar-refractivity contribution in [3.8, 4) is 0 Å². The molecule has 1 aliphatic heterocycles. The molecule has 98 valence electrons. The van der Waals surface area contributed by atoms with Gasteiger partial charge < -0.3 is 20.7 Å². The van der Waals surface area contributed by atoms with Gasteiger partial charge in [0.05, 0.1) is 0 Å². The van der Waals surface area contributed by atoms with E-state index in [4.69, 9.17) is 10.5 Å². The first-order chi connectivity index (χ1) is 8.08. The second-order valence-electron chi connectivity index (χ2n) is 4.28. The minimum atomic E-state index is -0.578. The highest BCUT2D eigenvalue weighted by Gasteiger charge is 2.28. The molecule has 0 radical (unpaired) electrons. The number of carbonyl (C=O) groups is 2. The van der Waals surface area contributed by atoms with Crippen LogP contribution in [0.1, 0.15) is 19.8 Å². The Bertz CT molecular complexity index is 279. The fraction of sp³-hybridized carbons (Fsp3) is 0.818. The number of likely N-dealkylation sites (tertiary alicyclic amines) is 1. The number of amides is 2. The van der Waals surface area contributed by atoms with Crippen LogP contribution >= 0.6 is 0 Å². The van der Waals surface area contributed by atoms with Crippen molar-refractivity contribution in [3.05, 3.63) is 0 Å². The molecule has 0 aromatic heterocycles. The maximum atomic E-state index is 12.0. The van der Waals surface area contributed by atoms with Crippen LogP contribution in [0.4, 0.5) is 0 Å². The number of ether oxygens (including phenoxy) is 1. The first-order valence-electron chi connectivity index (χ1n) is 5.87. The number of nitrogens with two attached hydrogens (primary N) is 1. The minimum Gasteiger partial charge on any atom is -0.370 e. The van der Waals surface area contributed by atoms with Crippen molar-refractivity contribution in [3.63, 3.8) is 0 Å². The van der Waals surface area contributed by atoms with Crippen LogP contribution in [0, 0.1) is 0 Å². The molecule has 1 heterocycles. The molecule has 1 saturated heterocycles. The Morgan fingerprint density at radius 1 is 1.59 bits per heavy atom. The van der Waals surface area contributed by atoms with Gasteiger partial charge >= 0.3 is 0 Å². The Hall–Kier alpha value is -1.14. The molecule has 6 heteroatoms. The van der Waals surface area contributed by atoms with Gasteiger partial charge in [0.15, 0.2) is 0 Å². The molecule has 6 nitrogen and oxygen atoms in total. The summed E-state index contributed by atoms with van der Waals surface area (Å²) in [5.74, 6) is -0.156. The lowest BCUT2D eigenvalue weighted by Crippen LogP contribution is -2.53. The second-order valence-corrected chi connectivity index (χ2v) is 4.28. The van der Waals surface area contributed by atoms with E-state index in [1.807, 2.05) is 0 Å². The van der Waals surface area contributed by atoms with Gasteiger partial charge in [0.2, 0.25) is 5.91 Å². The molecule has 3 N–H and O–H groups in total. The summed E-state index contributed by atoms with van der Waals surface area (Å²) in [6.07, 6.45) is 1.22. The predicted molar refractivity (Wildman–Crippen MR) is 63.3 cm³/mol.